The van der Waals surface area contributed by atoms with Crippen LogP contribution in [0.15, 0.2) is 0 Å². The number of likely N-dealkylation sites (tertiary alicyclic amines) is 1. The molecule has 0 radical (unpaired) electrons. The molecule has 8 heteroatoms. The lowest BCUT2D eigenvalue weighted by Gasteiger charge is -2.23. The first-order valence-electron chi connectivity index (χ1n) is 9.88. The summed E-state index contributed by atoms with van der Waals surface area (Å²) < 4.78 is 5.67. The first kappa shape index (κ1) is 19.4. The third kappa shape index (κ3) is 4.86. The smallest absolute Gasteiger partial charge is 0.315 e. The zero-order valence-corrected chi connectivity index (χ0v) is 15.2. The van der Waals surface area contributed by atoms with Crippen molar-refractivity contribution in [1.29, 1.82) is 0 Å². The Balaban J connectivity index is 1.41. The summed E-state index contributed by atoms with van der Waals surface area (Å²) in [6.07, 6.45) is 3.88. The Hall–Kier alpha value is -1.38. The minimum Gasteiger partial charge on any atom is -0.388 e. The van der Waals surface area contributed by atoms with Crippen molar-refractivity contribution in [3.8, 4) is 0 Å². The summed E-state index contributed by atoms with van der Waals surface area (Å²) in [5, 5.41) is 26.0. The van der Waals surface area contributed by atoms with Crippen molar-refractivity contribution in [2.24, 2.45) is 0 Å². The quantitative estimate of drug-likeness (QED) is 0.550. The fourth-order valence-corrected chi connectivity index (χ4v) is 4.11. The molecule has 3 amide bonds. The number of aliphatic hydroxyl groups is 2. The van der Waals surface area contributed by atoms with Crippen LogP contribution in [0.3, 0.4) is 0 Å². The maximum atomic E-state index is 12.2. The predicted molar refractivity (Wildman–Crippen MR) is 94.5 cm³/mol. The Morgan fingerprint density at radius 1 is 0.962 bits per heavy atom. The SMILES string of the molecule is O=C(NC[C@H]1O[C@@H](CC(=O)N2CCCC2)[C@H](O)[C@@H]1O)NC1CCCCC1. The number of carbonyl (C=O) groups is 2. The van der Waals surface area contributed by atoms with Crippen molar-refractivity contribution in [3.05, 3.63) is 0 Å². The average molecular weight is 369 g/mol. The van der Waals surface area contributed by atoms with E-state index in [0.29, 0.717) is 0 Å². The summed E-state index contributed by atoms with van der Waals surface area (Å²) in [4.78, 5) is 26.0. The molecule has 3 aliphatic rings. The van der Waals surface area contributed by atoms with Crippen molar-refractivity contribution in [2.75, 3.05) is 19.6 Å². The maximum absolute atomic E-state index is 12.2. The molecule has 0 bridgehead atoms. The van der Waals surface area contributed by atoms with E-state index in [0.717, 1.165) is 51.6 Å². The lowest BCUT2D eigenvalue weighted by molar-refractivity contribution is -0.134. The molecule has 0 aromatic carbocycles. The highest BCUT2D eigenvalue weighted by atomic mass is 16.5. The van der Waals surface area contributed by atoms with Crippen molar-refractivity contribution in [3.63, 3.8) is 0 Å². The molecule has 3 fully saturated rings. The number of nitrogens with zero attached hydrogens (tertiary/aromatic N) is 1. The van der Waals surface area contributed by atoms with Crippen LogP contribution in [-0.2, 0) is 9.53 Å². The highest BCUT2D eigenvalue weighted by Crippen LogP contribution is 2.25. The molecule has 148 valence electrons. The van der Waals surface area contributed by atoms with Gasteiger partial charge in [-0.1, -0.05) is 19.3 Å². The zero-order chi connectivity index (χ0) is 18.5. The van der Waals surface area contributed by atoms with Crippen LogP contribution in [0.1, 0.15) is 51.4 Å². The molecule has 2 heterocycles. The van der Waals surface area contributed by atoms with Crippen LogP contribution >= 0.6 is 0 Å². The van der Waals surface area contributed by atoms with Gasteiger partial charge in [0.1, 0.15) is 18.3 Å². The molecule has 0 aromatic heterocycles. The van der Waals surface area contributed by atoms with E-state index in [1.165, 1.54) is 6.42 Å². The summed E-state index contributed by atoms with van der Waals surface area (Å²) in [7, 11) is 0. The third-order valence-corrected chi connectivity index (χ3v) is 5.70. The van der Waals surface area contributed by atoms with E-state index in [1.807, 2.05) is 0 Å². The number of hydrogen-bond donors (Lipinski definition) is 4. The van der Waals surface area contributed by atoms with Gasteiger partial charge in [-0.3, -0.25) is 4.79 Å². The molecule has 2 saturated heterocycles. The van der Waals surface area contributed by atoms with Gasteiger partial charge in [-0.05, 0) is 25.7 Å². The molecule has 4 N–H and O–H groups in total. The first-order chi connectivity index (χ1) is 12.5. The Morgan fingerprint density at radius 2 is 1.62 bits per heavy atom. The monoisotopic (exact) mass is 369 g/mol. The van der Waals surface area contributed by atoms with E-state index < -0.39 is 24.4 Å². The topological polar surface area (TPSA) is 111 Å². The molecule has 26 heavy (non-hydrogen) atoms. The highest BCUT2D eigenvalue weighted by molar-refractivity contribution is 5.77. The molecule has 2 aliphatic heterocycles. The number of rotatable bonds is 5. The molecule has 8 nitrogen and oxygen atoms in total. The van der Waals surface area contributed by atoms with Crippen molar-refractivity contribution < 1.29 is 24.5 Å². The predicted octanol–water partition coefficient (Wildman–Crippen LogP) is 0.120. The number of carbonyl (C=O) groups excluding carboxylic acids is 2. The summed E-state index contributed by atoms with van der Waals surface area (Å²) in [6, 6.07) is -0.0756. The van der Waals surface area contributed by atoms with E-state index in [1.54, 1.807) is 4.90 Å². The lowest BCUT2D eigenvalue weighted by atomic mass is 9.96. The highest BCUT2D eigenvalue weighted by Gasteiger charge is 2.44. The maximum Gasteiger partial charge on any atom is 0.315 e. The standard InChI is InChI=1S/C18H31N3O5/c22-15(21-8-4-5-9-21)10-13-16(23)17(24)14(26-13)11-19-18(25)20-12-6-2-1-3-7-12/h12-14,16-17,23-24H,1-11H2,(H2,19,20,25)/t13-,14+,16-,17+/m0/s1. The third-order valence-electron chi connectivity index (χ3n) is 5.70. The van der Waals surface area contributed by atoms with Gasteiger partial charge in [-0.25, -0.2) is 4.79 Å². The fraction of sp³-hybridized carbons (Fsp3) is 0.889. The molecule has 0 aromatic rings. The number of hydrogen-bond acceptors (Lipinski definition) is 5. The normalized spacial score (nSPS) is 32.6. The molecular weight excluding hydrogens is 338 g/mol. The Labute approximate surface area is 154 Å². The molecule has 0 unspecified atom stereocenters. The Bertz CT molecular complexity index is 491. The number of urea groups is 1. The number of aliphatic hydroxyl groups excluding tert-OH is 2. The largest absolute Gasteiger partial charge is 0.388 e. The van der Waals surface area contributed by atoms with E-state index in [-0.39, 0.29) is 30.9 Å². The van der Waals surface area contributed by atoms with Crippen LogP contribution in [0.2, 0.25) is 0 Å². The minimum atomic E-state index is -1.12. The summed E-state index contributed by atoms with van der Waals surface area (Å²) in [5.41, 5.74) is 0. The van der Waals surface area contributed by atoms with Gasteiger partial charge in [0.15, 0.2) is 0 Å². The van der Waals surface area contributed by atoms with E-state index in [9.17, 15) is 19.8 Å². The van der Waals surface area contributed by atoms with Crippen LogP contribution in [0.25, 0.3) is 0 Å². The summed E-state index contributed by atoms with van der Waals surface area (Å²) >= 11 is 0. The van der Waals surface area contributed by atoms with Crippen molar-refractivity contribution in [2.45, 2.75) is 81.8 Å². The van der Waals surface area contributed by atoms with Gasteiger partial charge in [0, 0.05) is 25.7 Å². The molecular formula is C18H31N3O5. The van der Waals surface area contributed by atoms with Crippen LogP contribution < -0.4 is 10.6 Å². The second kappa shape index (κ2) is 9.01. The van der Waals surface area contributed by atoms with Crippen molar-refractivity contribution in [1.82, 2.24) is 15.5 Å². The molecule has 0 spiro atoms. The van der Waals surface area contributed by atoms with Crippen LogP contribution in [0.5, 0.6) is 0 Å². The number of nitrogens with one attached hydrogen (secondary N) is 2. The molecule has 4 atom stereocenters. The van der Waals surface area contributed by atoms with E-state index in [2.05, 4.69) is 10.6 Å². The number of ether oxygens (including phenoxy) is 1. The summed E-state index contributed by atoms with van der Waals surface area (Å²) in [6.45, 7) is 1.60. The average Bonchev–Trinajstić information content (AvgIpc) is 3.26. The van der Waals surface area contributed by atoms with Crippen molar-refractivity contribution >= 4 is 11.9 Å². The van der Waals surface area contributed by atoms with Gasteiger partial charge in [0.25, 0.3) is 0 Å². The minimum absolute atomic E-state index is 0.0533. The van der Waals surface area contributed by atoms with Gasteiger partial charge in [-0.15, -0.1) is 0 Å². The van der Waals surface area contributed by atoms with Crippen LogP contribution in [0, 0.1) is 0 Å². The van der Waals surface area contributed by atoms with E-state index in [4.69, 9.17) is 4.74 Å². The van der Waals surface area contributed by atoms with E-state index >= 15 is 0 Å². The second-order valence-electron chi connectivity index (χ2n) is 7.68. The van der Waals surface area contributed by atoms with Crippen LogP contribution in [0.4, 0.5) is 4.79 Å². The van der Waals surface area contributed by atoms with Gasteiger partial charge >= 0.3 is 6.03 Å². The van der Waals surface area contributed by atoms with Gasteiger partial charge < -0.3 is 30.5 Å². The molecule has 1 aliphatic carbocycles. The fourth-order valence-electron chi connectivity index (χ4n) is 4.11. The molecule has 1 saturated carbocycles. The van der Waals surface area contributed by atoms with Gasteiger partial charge in [0.2, 0.25) is 5.91 Å². The number of amides is 3. The summed E-state index contributed by atoms with van der Waals surface area (Å²) in [5.74, 6) is -0.0533. The van der Waals surface area contributed by atoms with Gasteiger partial charge in [-0.2, -0.15) is 0 Å². The van der Waals surface area contributed by atoms with Gasteiger partial charge in [0.05, 0.1) is 12.5 Å². The molecule has 3 rings (SSSR count). The first-order valence-corrected chi connectivity index (χ1v) is 9.88. The second-order valence-corrected chi connectivity index (χ2v) is 7.68. The Kier molecular flexibility index (Phi) is 6.72. The zero-order valence-electron chi connectivity index (χ0n) is 15.2. The lowest BCUT2D eigenvalue weighted by Crippen LogP contribution is -2.47. The van der Waals surface area contributed by atoms with Crippen LogP contribution in [-0.4, -0.2) is 77.1 Å². The Morgan fingerprint density at radius 3 is 2.31 bits per heavy atom.